The van der Waals surface area contributed by atoms with E-state index in [0.717, 1.165) is 0 Å². The fourth-order valence-electron chi connectivity index (χ4n) is 3.37. The zero-order valence-corrected chi connectivity index (χ0v) is 16.1. The number of hydrogen-bond donors (Lipinski definition) is 0. The van der Waals surface area contributed by atoms with Crippen LogP contribution < -0.4 is 0 Å². The molecule has 0 aliphatic heterocycles. The van der Waals surface area contributed by atoms with Gasteiger partial charge in [-0.05, 0) is 0 Å². The van der Waals surface area contributed by atoms with Gasteiger partial charge in [-0.3, -0.25) is 0 Å². The van der Waals surface area contributed by atoms with Gasteiger partial charge in [0.15, 0.2) is 0 Å². The van der Waals surface area contributed by atoms with E-state index in [9.17, 15) is 0 Å². The highest BCUT2D eigenvalue weighted by atomic mass is 29.9. The van der Waals surface area contributed by atoms with Crippen molar-refractivity contribution in [3.05, 3.63) is 0 Å². The highest BCUT2D eigenvalue weighted by Gasteiger charge is 2.51. The van der Waals surface area contributed by atoms with Crippen LogP contribution >= 0.6 is 0 Å². The lowest BCUT2D eigenvalue weighted by atomic mass is 10.9. The van der Waals surface area contributed by atoms with E-state index in [4.69, 9.17) is 0 Å². The third-order valence-electron chi connectivity index (χ3n) is 5.09. The maximum Gasteiger partial charge on any atom is 0.0412 e. The molecular formula is C11H30Si4. The van der Waals surface area contributed by atoms with Crippen LogP contribution in [0.3, 0.4) is 0 Å². The molecule has 0 amide bonds. The Bertz CT molecular complexity index is 169. The van der Waals surface area contributed by atoms with E-state index in [1.54, 1.807) is 18.1 Å². The van der Waals surface area contributed by atoms with Gasteiger partial charge in [-0.1, -0.05) is 71.6 Å². The summed E-state index contributed by atoms with van der Waals surface area (Å²) in [7, 11) is -0.903. The Kier molecular flexibility index (Phi) is 6.32. The van der Waals surface area contributed by atoms with Crippen molar-refractivity contribution in [3.8, 4) is 0 Å². The predicted octanol–water partition coefficient (Wildman–Crippen LogP) is 4.32. The highest BCUT2D eigenvalue weighted by molar-refractivity contribution is 7.83. The lowest BCUT2D eigenvalue weighted by Gasteiger charge is -2.50. The Hall–Kier alpha value is 0.868. The van der Waals surface area contributed by atoms with Gasteiger partial charge in [-0.2, -0.15) is 0 Å². The van der Waals surface area contributed by atoms with Crippen LogP contribution in [0.2, 0.25) is 50.9 Å². The van der Waals surface area contributed by atoms with Crippen LogP contribution in [0.15, 0.2) is 0 Å². The van der Waals surface area contributed by atoms with Crippen LogP contribution in [0, 0.1) is 0 Å². The quantitative estimate of drug-likeness (QED) is 0.633. The van der Waals surface area contributed by atoms with E-state index in [1.807, 2.05) is 0 Å². The summed E-state index contributed by atoms with van der Waals surface area (Å²) in [6.45, 7) is 20.0. The Morgan fingerprint density at radius 2 is 1.00 bits per heavy atom. The van der Waals surface area contributed by atoms with Crippen molar-refractivity contribution >= 4 is 30.8 Å². The first kappa shape index (κ1) is 15.9. The molecule has 0 aromatic carbocycles. The molecule has 0 heterocycles. The second-order valence-corrected chi connectivity index (χ2v) is 39.1. The fraction of sp³-hybridized carbons (Fsp3) is 1.00. The Morgan fingerprint density at radius 1 is 0.733 bits per heavy atom. The van der Waals surface area contributed by atoms with E-state index in [0.29, 0.717) is 0 Å². The third-order valence-corrected chi connectivity index (χ3v) is 64.4. The van der Waals surface area contributed by atoms with E-state index in [1.165, 1.54) is 0 Å². The second kappa shape index (κ2) is 5.98. The first-order chi connectivity index (χ1) is 6.82. The van der Waals surface area contributed by atoms with Gasteiger partial charge in [-0.25, -0.2) is 0 Å². The van der Waals surface area contributed by atoms with Crippen LogP contribution in [0.4, 0.5) is 0 Å². The maximum atomic E-state index is 2.80. The summed E-state index contributed by atoms with van der Waals surface area (Å²) in [6, 6.07) is 4.69. The molecule has 0 N–H and O–H groups in total. The van der Waals surface area contributed by atoms with Crippen LogP contribution in [0.1, 0.15) is 20.8 Å². The minimum Gasteiger partial charge on any atom is -0.0750 e. The molecular weight excluding hydrogens is 244 g/mol. The average Bonchev–Trinajstić information content (AvgIpc) is 2.20. The highest BCUT2D eigenvalue weighted by Crippen LogP contribution is 2.34. The zero-order chi connectivity index (χ0) is 12.3. The lowest BCUT2D eigenvalue weighted by molar-refractivity contribution is 1.21. The van der Waals surface area contributed by atoms with Gasteiger partial charge in [0.2, 0.25) is 0 Å². The van der Waals surface area contributed by atoms with Gasteiger partial charge in [0.05, 0.1) is 0 Å². The molecule has 0 aromatic heterocycles. The molecule has 0 atom stereocenters. The van der Waals surface area contributed by atoms with Gasteiger partial charge >= 0.3 is 0 Å². The number of hydrogen-bond acceptors (Lipinski definition) is 0. The SMILES string of the molecule is CC[Si](CC)(CC)[Si](C)([Si](C)C)[Si](C)C. The van der Waals surface area contributed by atoms with Crippen molar-refractivity contribution in [2.45, 2.75) is 71.6 Å². The Labute approximate surface area is 102 Å². The molecule has 15 heavy (non-hydrogen) atoms. The van der Waals surface area contributed by atoms with Crippen LogP contribution in [0.25, 0.3) is 0 Å². The van der Waals surface area contributed by atoms with Crippen LogP contribution in [-0.2, 0) is 0 Å². The molecule has 0 fully saturated rings. The van der Waals surface area contributed by atoms with Gasteiger partial charge in [0.25, 0.3) is 0 Å². The monoisotopic (exact) mass is 274 g/mol. The summed E-state index contributed by atoms with van der Waals surface area (Å²) in [5, 5.41) is 0. The molecule has 0 unspecified atom stereocenters. The molecule has 0 saturated heterocycles. The smallest absolute Gasteiger partial charge is 0.0412 e. The molecule has 90 valence electrons. The first-order valence-corrected chi connectivity index (χ1v) is 19.6. The second-order valence-electron chi connectivity index (χ2n) is 5.47. The van der Waals surface area contributed by atoms with Crippen LogP contribution in [-0.4, -0.2) is 30.8 Å². The van der Waals surface area contributed by atoms with Crippen molar-refractivity contribution in [2.75, 3.05) is 0 Å². The van der Waals surface area contributed by atoms with E-state index in [2.05, 4.69) is 53.5 Å². The molecule has 2 radical (unpaired) electrons. The van der Waals surface area contributed by atoms with Crippen molar-refractivity contribution in [3.63, 3.8) is 0 Å². The van der Waals surface area contributed by atoms with Gasteiger partial charge < -0.3 is 0 Å². The van der Waals surface area contributed by atoms with Gasteiger partial charge in [0, 0.05) is 30.8 Å². The summed E-state index contributed by atoms with van der Waals surface area (Å²) in [5.74, 6) is 0. The van der Waals surface area contributed by atoms with Crippen molar-refractivity contribution < 1.29 is 0 Å². The maximum absolute atomic E-state index is 2.80. The van der Waals surface area contributed by atoms with Crippen molar-refractivity contribution in [1.82, 2.24) is 0 Å². The van der Waals surface area contributed by atoms with Crippen LogP contribution in [0.5, 0.6) is 0 Å². The topological polar surface area (TPSA) is 0 Å². The Balaban J connectivity index is 5.37. The first-order valence-electron chi connectivity index (χ1n) is 6.43. The van der Waals surface area contributed by atoms with E-state index < -0.39 is 14.2 Å². The largest absolute Gasteiger partial charge is 0.0750 e. The van der Waals surface area contributed by atoms with E-state index in [-0.39, 0.29) is 16.6 Å². The molecule has 0 spiro atoms. The molecule has 0 aliphatic carbocycles. The molecule has 0 saturated carbocycles. The predicted molar refractivity (Wildman–Crippen MR) is 83.8 cm³/mol. The standard InChI is InChI=1S/C11H30Si4/c1-9-15(10-2,11-3)14(8,12(4)5)13(6)7/h9-11H2,1-8H3. The zero-order valence-electron chi connectivity index (χ0n) is 12.1. The molecule has 4 heteroatoms. The summed E-state index contributed by atoms with van der Waals surface area (Å²) in [5.41, 5.74) is 0. The molecule has 0 rings (SSSR count). The van der Waals surface area contributed by atoms with Gasteiger partial charge in [-0.15, -0.1) is 0 Å². The summed E-state index contributed by atoms with van der Waals surface area (Å²) >= 11 is 0. The number of rotatable bonds is 6. The summed E-state index contributed by atoms with van der Waals surface area (Å²) < 4.78 is 0. The van der Waals surface area contributed by atoms with Crippen molar-refractivity contribution in [1.29, 1.82) is 0 Å². The fourth-order valence-corrected chi connectivity index (χ4v) is 63.5. The molecule has 0 nitrogen and oxygen atoms in total. The average molecular weight is 275 g/mol. The normalized spacial score (nSPS) is 14.0. The third kappa shape index (κ3) is 2.58. The molecule has 0 aromatic rings. The molecule has 0 aliphatic rings. The molecule has 0 bridgehead atoms. The Morgan fingerprint density at radius 3 is 1.07 bits per heavy atom. The minimum absolute atomic E-state index is 0.0176. The minimum atomic E-state index is -0.868. The van der Waals surface area contributed by atoms with E-state index >= 15 is 0 Å². The van der Waals surface area contributed by atoms with Crippen molar-refractivity contribution in [2.24, 2.45) is 0 Å². The van der Waals surface area contributed by atoms with Gasteiger partial charge in [0.1, 0.15) is 0 Å². The lowest BCUT2D eigenvalue weighted by Crippen LogP contribution is -2.74. The summed E-state index contributed by atoms with van der Waals surface area (Å²) in [4.78, 5) is 0. The summed E-state index contributed by atoms with van der Waals surface area (Å²) in [6.07, 6.45) is 0.